The number of nitrogens with zero attached hydrogens (tertiary/aromatic N) is 1. The zero-order chi connectivity index (χ0) is 28.6. The highest BCUT2D eigenvalue weighted by Crippen LogP contribution is 2.42. The number of ketones is 1. The third kappa shape index (κ3) is 5.65. The van der Waals surface area contributed by atoms with Crippen molar-refractivity contribution in [3.05, 3.63) is 30.0 Å². The molecule has 5 atom stereocenters. The molecule has 3 aliphatic rings. The number of alkyl halides is 3. The lowest BCUT2D eigenvalue weighted by Gasteiger charge is -2.31. The number of halogens is 3. The van der Waals surface area contributed by atoms with Crippen LogP contribution in [0.2, 0.25) is 0 Å². The first-order valence-electron chi connectivity index (χ1n) is 13.5. The fraction of sp³-hybridized carbons (Fsp3) is 0.556. The second-order valence-corrected chi connectivity index (χ2v) is 10.8. The molecule has 2 saturated heterocycles. The molecule has 5 rings (SSSR count). The average Bonchev–Trinajstić information content (AvgIpc) is 3.63. The largest absolute Gasteiger partial charge is 0.573 e. The number of carbonyl (C=O) groups excluding carboxylic acids is 4. The van der Waals surface area contributed by atoms with E-state index in [1.54, 1.807) is 0 Å². The average molecular weight is 565 g/mol. The van der Waals surface area contributed by atoms with Gasteiger partial charge in [0.05, 0.1) is 6.04 Å². The van der Waals surface area contributed by atoms with Crippen molar-refractivity contribution >= 4 is 34.4 Å². The molecule has 2 aliphatic heterocycles. The molecule has 1 aromatic carbocycles. The second kappa shape index (κ2) is 11.1. The highest BCUT2D eigenvalue weighted by atomic mass is 19.4. The Balaban J connectivity index is 1.41. The minimum atomic E-state index is -4.91. The summed E-state index contributed by atoms with van der Waals surface area (Å²) in [5.74, 6) is -3.00. The molecule has 3 amide bonds. The second-order valence-electron chi connectivity index (χ2n) is 10.8. The molecule has 1 saturated carbocycles. The topological polar surface area (TPSA) is 141 Å². The van der Waals surface area contributed by atoms with Gasteiger partial charge in [-0.05, 0) is 55.7 Å². The predicted octanol–water partition coefficient (Wildman–Crippen LogP) is 2.27. The number of aliphatic hydroxyl groups excluding tert-OH is 1. The molecule has 4 N–H and O–H groups in total. The molecule has 0 radical (unpaired) electrons. The molecule has 0 spiro atoms. The van der Waals surface area contributed by atoms with Gasteiger partial charge in [0, 0.05) is 29.9 Å². The Kier molecular flexibility index (Phi) is 7.76. The third-order valence-electron chi connectivity index (χ3n) is 8.29. The maximum absolute atomic E-state index is 13.8. The van der Waals surface area contributed by atoms with Crippen LogP contribution < -0.4 is 15.4 Å². The SMILES string of the molecule is O=C(CO)C(C[C@@H]1CCNC1=O)NC(=O)[C@@H]1[C@H]2CCCC[C@H]2CN1C(=O)c1cc2c(OC(F)(F)F)cccc2[nH]1. The standard InChI is InChI=1S/C27H31F3N4O6/c28-27(29,30)40-22-7-3-6-18-17(22)11-20(32-18)26(39)34-12-15-4-1-2-5-16(15)23(34)25(38)33-19(21(36)13-35)10-14-8-9-31-24(14)37/h3,6-7,11,14-16,19,23,32,35H,1-2,4-5,8-10,12-13H2,(H,31,37)(H,33,38)/t14-,15-,16-,19?,23-/m0/s1. The minimum absolute atomic E-state index is 0.00952. The number of nitrogens with one attached hydrogen (secondary N) is 3. The number of aliphatic hydroxyl groups is 1. The van der Waals surface area contributed by atoms with Gasteiger partial charge in [-0.15, -0.1) is 13.2 Å². The van der Waals surface area contributed by atoms with Gasteiger partial charge in [-0.3, -0.25) is 19.2 Å². The summed E-state index contributed by atoms with van der Waals surface area (Å²) >= 11 is 0. The normalized spacial score (nSPS) is 25.4. The van der Waals surface area contributed by atoms with Crippen LogP contribution in [0.15, 0.2) is 24.3 Å². The van der Waals surface area contributed by atoms with Gasteiger partial charge in [-0.2, -0.15) is 0 Å². The van der Waals surface area contributed by atoms with Crippen LogP contribution >= 0.6 is 0 Å². The Morgan fingerprint density at radius 3 is 2.65 bits per heavy atom. The Labute approximate surface area is 227 Å². The van der Waals surface area contributed by atoms with Crippen molar-refractivity contribution in [3.8, 4) is 5.75 Å². The number of hydrogen-bond acceptors (Lipinski definition) is 6. The summed E-state index contributed by atoms with van der Waals surface area (Å²) in [6.07, 6.45) is -1.03. The summed E-state index contributed by atoms with van der Waals surface area (Å²) in [5.41, 5.74) is 0.279. The zero-order valence-corrected chi connectivity index (χ0v) is 21.6. The summed E-state index contributed by atoms with van der Waals surface area (Å²) in [5, 5.41) is 15.0. The van der Waals surface area contributed by atoms with Gasteiger partial charge in [-0.25, -0.2) is 0 Å². The predicted molar refractivity (Wildman–Crippen MR) is 135 cm³/mol. The first kappa shape index (κ1) is 27.9. The summed E-state index contributed by atoms with van der Waals surface area (Å²) < 4.78 is 42.9. The quantitative estimate of drug-likeness (QED) is 0.388. The van der Waals surface area contributed by atoms with E-state index in [2.05, 4.69) is 20.4 Å². The van der Waals surface area contributed by atoms with E-state index in [0.717, 1.165) is 25.3 Å². The Bertz CT molecular complexity index is 1310. The summed E-state index contributed by atoms with van der Waals surface area (Å²) in [6.45, 7) is -0.0606. The molecule has 2 aromatic rings. The molecule has 1 aliphatic carbocycles. The molecule has 0 bridgehead atoms. The number of Topliss-reactive ketones (excluding diaryl/α,β-unsaturated/α-hetero) is 1. The van der Waals surface area contributed by atoms with Crippen molar-refractivity contribution in [2.45, 2.75) is 57.0 Å². The molecule has 1 aromatic heterocycles. The smallest absolute Gasteiger partial charge is 0.405 e. The molecule has 3 fully saturated rings. The molecule has 10 nitrogen and oxygen atoms in total. The first-order valence-corrected chi connectivity index (χ1v) is 13.5. The van der Waals surface area contributed by atoms with Gasteiger partial charge >= 0.3 is 6.36 Å². The number of carbonyl (C=O) groups is 4. The van der Waals surface area contributed by atoms with Crippen LogP contribution in [-0.2, 0) is 14.4 Å². The molecule has 3 heterocycles. The number of amides is 3. The monoisotopic (exact) mass is 564 g/mol. The van der Waals surface area contributed by atoms with E-state index in [9.17, 15) is 37.5 Å². The van der Waals surface area contributed by atoms with Crippen molar-refractivity contribution < 1.29 is 42.2 Å². The number of ether oxygens (including phenoxy) is 1. The van der Waals surface area contributed by atoms with Crippen molar-refractivity contribution in [2.75, 3.05) is 19.7 Å². The lowest BCUT2D eigenvalue weighted by atomic mass is 9.78. The lowest BCUT2D eigenvalue weighted by Crippen LogP contribution is -2.54. The fourth-order valence-corrected chi connectivity index (χ4v) is 6.42. The summed E-state index contributed by atoms with van der Waals surface area (Å²) in [7, 11) is 0. The number of hydrogen-bond donors (Lipinski definition) is 4. The van der Waals surface area contributed by atoms with Crippen LogP contribution in [-0.4, -0.2) is 76.6 Å². The van der Waals surface area contributed by atoms with Crippen molar-refractivity contribution in [3.63, 3.8) is 0 Å². The van der Waals surface area contributed by atoms with Gasteiger partial charge in [0.1, 0.15) is 24.1 Å². The fourth-order valence-electron chi connectivity index (χ4n) is 6.42. The highest BCUT2D eigenvalue weighted by Gasteiger charge is 2.49. The molecule has 1 unspecified atom stereocenters. The maximum atomic E-state index is 13.8. The minimum Gasteiger partial charge on any atom is -0.405 e. The van der Waals surface area contributed by atoms with E-state index in [4.69, 9.17) is 0 Å². The van der Waals surface area contributed by atoms with Crippen LogP contribution in [0.1, 0.15) is 49.0 Å². The molecular formula is C27H31F3N4O6. The lowest BCUT2D eigenvalue weighted by molar-refractivity contribution is -0.274. The van der Waals surface area contributed by atoms with Crippen molar-refractivity contribution in [1.82, 2.24) is 20.5 Å². The molecule has 216 valence electrons. The Morgan fingerprint density at radius 1 is 1.18 bits per heavy atom. The van der Waals surface area contributed by atoms with Gasteiger partial charge < -0.3 is 30.4 Å². The van der Waals surface area contributed by atoms with Crippen LogP contribution in [0, 0.1) is 17.8 Å². The molecule has 13 heteroatoms. The third-order valence-corrected chi connectivity index (χ3v) is 8.29. The Morgan fingerprint density at radius 2 is 1.95 bits per heavy atom. The summed E-state index contributed by atoms with van der Waals surface area (Å²) in [6, 6.07) is 3.32. The summed E-state index contributed by atoms with van der Waals surface area (Å²) in [4.78, 5) is 56.4. The van der Waals surface area contributed by atoms with Gasteiger partial charge in [0.15, 0.2) is 5.78 Å². The van der Waals surface area contributed by atoms with E-state index in [1.165, 1.54) is 23.1 Å². The number of benzene rings is 1. The Hall–Kier alpha value is -3.61. The van der Waals surface area contributed by atoms with Crippen LogP contribution in [0.4, 0.5) is 13.2 Å². The highest BCUT2D eigenvalue weighted by molar-refractivity contribution is 6.02. The van der Waals surface area contributed by atoms with Gasteiger partial charge in [-0.1, -0.05) is 18.9 Å². The maximum Gasteiger partial charge on any atom is 0.573 e. The molecule has 40 heavy (non-hydrogen) atoms. The van der Waals surface area contributed by atoms with E-state index in [-0.39, 0.29) is 47.3 Å². The number of H-pyrrole nitrogens is 1. The zero-order valence-electron chi connectivity index (χ0n) is 21.6. The van der Waals surface area contributed by atoms with Gasteiger partial charge in [0.2, 0.25) is 11.8 Å². The van der Waals surface area contributed by atoms with E-state index in [0.29, 0.717) is 19.4 Å². The number of aromatic nitrogens is 1. The van der Waals surface area contributed by atoms with Crippen LogP contribution in [0.25, 0.3) is 10.9 Å². The number of rotatable bonds is 8. The first-order chi connectivity index (χ1) is 19.1. The number of likely N-dealkylation sites (tertiary alicyclic amines) is 1. The van der Waals surface area contributed by atoms with Crippen LogP contribution in [0.5, 0.6) is 5.75 Å². The van der Waals surface area contributed by atoms with Crippen molar-refractivity contribution in [2.24, 2.45) is 17.8 Å². The number of fused-ring (bicyclic) bond motifs is 2. The van der Waals surface area contributed by atoms with Crippen molar-refractivity contribution in [1.29, 1.82) is 0 Å². The van der Waals surface area contributed by atoms with E-state index < -0.39 is 54.3 Å². The van der Waals surface area contributed by atoms with Crippen LogP contribution in [0.3, 0.4) is 0 Å². The molecular weight excluding hydrogens is 533 g/mol. The van der Waals surface area contributed by atoms with E-state index >= 15 is 0 Å². The number of aromatic amines is 1. The van der Waals surface area contributed by atoms with E-state index in [1.807, 2.05) is 0 Å². The van der Waals surface area contributed by atoms with Gasteiger partial charge in [0.25, 0.3) is 5.91 Å².